The first-order valence-corrected chi connectivity index (χ1v) is 8.34. The molecule has 112 valence electrons. The number of hydrogen-bond acceptors (Lipinski definition) is 2. The van der Waals surface area contributed by atoms with Gasteiger partial charge in [0, 0.05) is 17.3 Å². The maximum absolute atomic E-state index is 10.1. The molecule has 1 aliphatic rings. The normalized spacial score (nSPS) is 17.2. The fraction of sp³-hybridized carbons (Fsp3) is 0.412. The predicted molar refractivity (Wildman–Crippen MR) is 87.9 cm³/mol. The highest BCUT2D eigenvalue weighted by Crippen LogP contribution is 2.24. The van der Waals surface area contributed by atoms with Crippen molar-refractivity contribution in [1.29, 1.82) is 0 Å². The molecule has 2 N–H and O–H groups in total. The van der Waals surface area contributed by atoms with Gasteiger partial charge in [-0.05, 0) is 35.0 Å². The molecule has 0 bridgehead atoms. The molecule has 0 amide bonds. The smallest absolute Gasteiger partial charge is 0.137 e. The Morgan fingerprint density at radius 2 is 1.81 bits per heavy atom. The zero-order chi connectivity index (χ0) is 14.7. The minimum Gasteiger partial charge on any atom is -0.491 e. The van der Waals surface area contributed by atoms with Crippen LogP contribution >= 0.6 is 15.9 Å². The first-order chi connectivity index (χ1) is 10.2. The summed E-state index contributed by atoms with van der Waals surface area (Å²) in [6.45, 7) is 3.52. The van der Waals surface area contributed by atoms with Gasteiger partial charge in [0.25, 0.3) is 0 Å². The van der Waals surface area contributed by atoms with E-state index in [-0.39, 0.29) is 0 Å². The standard InChI is InChI=1S/C17H20BrNO2/c18-15-5-3-14-10-17(6-4-13(14)9-15)21-12-16(20)11-19-7-1-2-8-19/h3-6,9-10,16,20H,1-2,7-8,11-12H2/p+1/t16-/m0/s1. The summed E-state index contributed by atoms with van der Waals surface area (Å²) in [5.41, 5.74) is 0. The lowest BCUT2D eigenvalue weighted by atomic mass is 10.1. The topological polar surface area (TPSA) is 33.9 Å². The molecule has 3 rings (SSSR count). The fourth-order valence-corrected chi connectivity index (χ4v) is 3.33. The van der Waals surface area contributed by atoms with E-state index in [4.69, 9.17) is 4.74 Å². The van der Waals surface area contributed by atoms with Crippen LogP contribution in [0.5, 0.6) is 5.75 Å². The van der Waals surface area contributed by atoms with Gasteiger partial charge >= 0.3 is 0 Å². The molecule has 1 heterocycles. The molecule has 4 heteroatoms. The zero-order valence-electron chi connectivity index (χ0n) is 12.0. The van der Waals surface area contributed by atoms with E-state index >= 15 is 0 Å². The second-order valence-electron chi connectivity index (χ2n) is 5.78. The number of hydrogen-bond donors (Lipinski definition) is 2. The minimum absolute atomic E-state index is 0.367. The molecule has 2 aromatic rings. The summed E-state index contributed by atoms with van der Waals surface area (Å²) in [6.07, 6.45) is 2.17. The van der Waals surface area contributed by atoms with Crippen molar-refractivity contribution in [2.24, 2.45) is 0 Å². The lowest BCUT2D eigenvalue weighted by Crippen LogP contribution is -3.11. The van der Waals surface area contributed by atoms with Crippen molar-refractivity contribution < 1.29 is 14.7 Å². The molecule has 0 aromatic heterocycles. The summed E-state index contributed by atoms with van der Waals surface area (Å²) in [5, 5.41) is 12.4. The van der Waals surface area contributed by atoms with Gasteiger partial charge in [0.05, 0.1) is 13.1 Å². The summed E-state index contributed by atoms with van der Waals surface area (Å²) in [6, 6.07) is 12.2. The highest BCUT2D eigenvalue weighted by Gasteiger charge is 2.19. The molecule has 0 unspecified atom stereocenters. The summed E-state index contributed by atoms with van der Waals surface area (Å²) < 4.78 is 6.82. The molecule has 1 saturated heterocycles. The van der Waals surface area contributed by atoms with E-state index in [9.17, 15) is 5.11 Å². The van der Waals surface area contributed by atoms with E-state index in [2.05, 4.69) is 28.1 Å². The van der Waals surface area contributed by atoms with Crippen LogP contribution in [0.2, 0.25) is 0 Å². The van der Waals surface area contributed by atoms with Crippen molar-refractivity contribution in [2.45, 2.75) is 18.9 Å². The van der Waals surface area contributed by atoms with Crippen LogP contribution in [0.4, 0.5) is 0 Å². The lowest BCUT2D eigenvalue weighted by Gasteiger charge is -2.17. The molecule has 1 fully saturated rings. The van der Waals surface area contributed by atoms with Crippen molar-refractivity contribution in [3.63, 3.8) is 0 Å². The van der Waals surface area contributed by atoms with Crippen LogP contribution in [0, 0.1) is 0 Å². The van der Waals surface area contributed by atoms with Gasteiger partial charge in [0.2, 0.25) is 0 Å². The van der Waals surface area contributed by atoms with Gasteiger partial charge < -0.3 is 14.7 Å². The molecule has 0 radical (unpaired) electrons. The molecule has 2 aromatic carbocycles. The van der Waals surface area contributed by atoms with E-state index in [1.165, 1.54) is 36.2 Å². The Morgan fingerprint density at radius 1 is 1.10 bits per heavy atom. The molecular weight excluding hydrogens is 330 g/mol. The highest BCUT2D eigenvalue weighted by atomic mass is 79.9. The number of quaternary nitrogens is 1. The second-order valence-corrected chi connectivity index (χ2v) is 6.70. The van der Waals surface area contributed by atoms with Crippen LogP contribution in [0.1, 0.15) is 12.8 Å². The number of likely N-dealkylation sites (tertiary alicyclic amines) is 1. The average Bonchev–Trinajstić information content (AvgIpc) is 2.98. The largest absolute Gasteiger partial charge is 0.491 e. The van der Waals surface area contributed by atoms with Gasteiger partial charge in [-0.15, -0.1) is 0 Å². The Hall–Kier alpha value is -1.10. The first-order valence-electron chi connectivity index (χ1n) is 7.54. The maximum atomic E-state index is 10.1. The number of aliphatic hydroxyl groups is 1. The molecule has 0 saturated carbocycles. The first kappa shape index (κ1) is 14.8. The quantitative estimate of drug-likeness (QED) is 0.864. The van der Waals surface area contributed by atoms with Crippen LogP contribution in [-0.4, -0.2) is 37.5 Å². The number of nitrogens with one attached hydrogen (secondary N) is 1. The lowest BCUT2D eigenvalue weighted by molar-refractivity contribution is -0.890. The Balaban J connectivity index is 1.58. The maximum Gasteiger partial charge on any atom is 0.137 e. The van der Waals surface area contributed by atoms with Crippen LogP contribution in [0.25, 0.3) is 10.8 Å². The van der Waals surface area contributed by atoms with Crippen LogP contribution in [-0.2, 0) is 0 Å². The number of aliphatic hydroxyl groups excluding tert-OH is 1. The van der Waals surface area contributed by atoms with Crippen LogP contribution < -0.4 is 9.64 Å². The van der Waals surface area contributed by atoms with Crippen molar-refractivity contribution in [3.05, 3.63) is 40.9 Å². The molecule has 21 heavy (non-hydrogen) atoms. The molecule has 3 nitrogen and oxygen atoms in total. The van der Waals surface area contributed by atoms with Crippen molar-refractivity contribution in [1.82, 2.24) is 0 Å². The Bertz CT molecular complexity index is 611. The van der Waals surface area contributed by atoms with Gasteiger partial charge in [0.15, 0.2) is 0 Å². The van der Waals surface area contributed by atoms with Crippen molar-refractivity contribution in [3.8, 4) is 5.75 Å². The van der Waals surface area contributed by atoms with Crippen molar-refractivity contribution in [2.75, 3.05) is 26.2 Å². The fourth-order valence-electron chi connectivity index (χ4n) is 2.95. The SMILES string of the molecule is O[C@H](COc1ccc2cc(Br)ccc2c1)C[NH+]1CCCC1. The number of ether oxygens (including phenoxy) is 1. The molecule has 0 aliphatic carbocycles. The summed E-state index contributed by atoms with van der Waals surface area (Å²) in [5.74, 6) is 0.820. The van der Waals surface area contributed by atoms with Crippen LogP contribution in [0.3, 0.4) is 0 Å². The number of fused-ring (bicyclic) bond motifs is 1. The van der Waals surface area contributed by atoms with Gasteiger partial charge in [0.1, 0.15) is 25.0 Å². The third-order valence-corrected chi connectivity index (χ3v) is 4.54. The predicted octanol–water partition coefficient (Wildman–Crippen LogP) is 2.02. The van der Waals surface area contributed by atoms with E-state index < -0.39 is 6.10 Å². The number of halogens is 1. The summed E-state index contributed by atoms with van der Waals surface area (Å²) in [7, 11) is 0. The monoisotopic (exact) mass is 350 g/mol. The Labute approximate surface area is 133 Å². The molecule has 0 spiro atoms. The van der Waals surface area contributed by atoms with Crippen LogP contribution in [0.15, 0.2) is 40.9 Å². The Kier molecular flexibility index (Phi) is 4.78. The Morgan fingerprint density at radius 3 is 2.62 bits per heavy atom. The third kappa shape index (κ3) is 3.96. The van der Waals surface area contributed by atoms with Gasteiger partial charge in [-0.1, -0.05) is 28.1 Å². The minimum atomic E-state index is -0.390. The van der Waals surface area contributed by atoms with Gasteiger partial charge in [-0.2, -0.15) is 0 Å². The zero-order valence-corrected chi connectivity index (χ0v) is 13.6. The molecule has 1 aliphatic heterocycles. The van der Waals surface area contributed by atoms with E-state index in [1.54, 1.807) is 0 Å². The summed E-state index contributed by atoms with van der Waals surface area (Å²) in [4.78, 5) is 1.49. The molecule has 1 atom stereocenters. The van der Waals surface area contributed by atoms with Gasteiger partial charge in [-0.3, -0.25) is 0 Å². The second kappa shape index (κ2) is 6.77. The van der Waals surface area contributed by atoms with E-state index in [0.29, 0.717) is 6.61 Å². The number of benzene rings is 2. The summed E-state index contributed by atoms with van der Waals surface area (Å²) >= 11 is 3.48. The highest BCUT2D eigenvalue weighted by molar-refractivity contribution is 9.10. The van der Waals surface area contributed by atoms with Gasteiger partial charge in [-0.25, -0.2) is 0 Å². The number of rotatable bonds is 5. The molecular formula is C17H21BrNO2+. The van der Waals surface area contributed by atoms with Crippen molar-refractivity contribution >= 4 is 26.7 Å². The third-order valence-electron chi connectivity index (χ3n) is 4.05. The average molecular weight is 351 g/mol. The van der Waals surface area contributed by atoms with E-state index in [1.807, 2.05) is 24.3 Å². The van der Waals surface area contributed by atoms with E-state index in [0.717, 1.165) is 22.2 Å².